The van der Waals surface area contributed by atoms with Crippen molar-refractivity contribution in [2.24, 2.45) is 0 Å². The maximum atomic E-state index is 4.40. The molecule has 276 valence electrons. The van der Waals surface area contributed by atoms with Crippen LogP contribution >= 0.6 is 0 Å². The lowest BCUT2D eigenvalue weighted by molar-refractivity contribution is 0.529. The number of hydrogen-bond acceptors (Lipinski definition) is 0. The third kappa shape index (κ3) is 5.10. The molecule has 2 aromatic heterocycles. The fourth-order valence-electron chi connectivity index (χ4n) is 10.1. The standard InChI is InChI=1S/C55H46N2/c1-7-19-42-46(8-2)56(40-26-17-24-38(34-40)36-20-11-9-12-21-36)48-32-30-44-52(50(42)48)54(3,4)45-31-33-49-51(53(45)55(44,5)6)43-28-15-16-29-47(43)57(49)41-27-18-25-39(35-41)37-22-13-10-14-23-37/h7-35H,2H2,1,3-6H3/b19-7-. The lowest BCUT2D eigenvalue weighted by Gasteiger charge is -2.45. The van der Waals surface area contributed by atoms with Gasteiger partial charge in [0.05, 0.1) is 22.2 Å². The number of fused-ring (bicyclic) bond motifs is 8. The van der Waals surface area contributed by atoms with E-state index in [9.17, 15) is 0 Å². The van der Waals surface area contributed by atoms with Crippen molar-refractivity contribution in [3.05, 3.63) is 204 Å². The topological polar surface area (TPSA) is 9.86 Å². The first-order chi connectivity index (χ1) is 27.7. The fraction of sp³-hybridized carbons (Fsp3) is 0.127. The van der Waals surface area contributed by atoms with E-state index in [1.54, 1.807) is 0 Å². The Morgan fingerprint density at radius 1 is 0.474 bits per heavy atom. The predicted octanol–water partition coefficient (Wildman–Crippen LogP) is 14.7. The highest BCUT2D eigenvalue weighted by Crippen LogP contribution is 2.56. The monoisotopic (exact) mass is 734 g/mol. The van der Waals surface area contributed by atoms with Crippen LogP contribution in [0.2, 0.25) is 0 Å². The molecule has 0 radical (unpaired) electrons. The van der Waals surface area contributed by atoms with Crippen LogP contribution in [-0.2, 0) is 10.8 Å². The van der Waals surface area contributed by atoms with Gasteiger partial charge in [0.15, 0.2) is 0 Å². The summed E-state index contributed by atoms with van der Waals surface area (Å²) >= 11 is 0. The van der Waals surface area contributed by atoms with Gasteiger partial charge in [0, 0.05) is 43.9 Å². The Balaban J connectivity index is 1.24. The van der Waals surface area contributed by atoms with Crippen LogP contribution in [0.3, 0.4) is 0 Å². The molecule has 1 aliphatic carbocycles. The van der Waals surface area contributed by atoms with E-state index in [1.807, 2.05) is 6.08 Å². The smallest absolute Gasteiger partial charge is 0.0544 e. The highest BCUT2D eigenvalue weighted by molar-refractivity contribution is 6.13. The summed E-state index contributed by atoms with van der Waals surface area (Å²) in [6.07, 6.45) is 6.50. The van der Waals surface area contributed by atoms with Gasteiger partial charge < -0.3 is 9.13 Å². The van der Waals surface area contributed by atoms with Crippen LogP contribution in [0.1, 0.15) is 68.1 Å². The van der Waals surface area contributed by atoms with E-state index in [0.717, 1.165) is 11.4 Å². The molecule has 0 spiro atoms. The maximum absolute atomic E-state index is 4.40. The molecule has 0 unspecified atom stereocenters. The zero-order chi connectivity index (χ0) is 39.1. The summed E-state index contributed by atoms with van der Waals surface area (Å²) in [6, 6.07) is 57.8. The minimum absolute atomic E-state index is 0.300. The molecule has 0 N–H and O–H groups in total. The molecule has 57 heavy (non-hydrogen) atoms. The molecule has 0 amide bonds. The molecule has 1 aliphatic rings. The summed E-state index contributed by atoms with van der Waals surface area (Å²) in [6.45, 7) is 16.3. The van der Waals surface area contributed by atoms with Gasteiger partial charge in [0.25, 0.3) is 0 Å². The van der Waals surface area contributed by atoms with Crippen LogP contribution in [0.15, 0.2) is 170 Å². The van der Waals surface area contributed by atoms with Gasteiger partial charge in [-0.1, -0.05) is 162 Å². The summed E-state index contributed by atoms with van der Waals surface area (Å²) in [5.74, 6) is 0. The third-order valence-corrected chi connectivity index (χ3v) is 12.6. The van der Waals surface area contributed by atoms with E-state index < -0.39 is 0 Å². The summed E-state index contributed by atoms with van der Waals surface area (Å²) in [5.41, 5.74) is 18.1. The summed E-state index contributed by atoms with van der Waals surface area (Å²) in [5, 5.41) is 3.93. The van der Waals surface area contributed by atoms with Crippen molar-refractivity contribution in [3.8, 4) is 33.6 Å². The first-order valence-corrected chi connectivity index (χ1v) is 20.1. The van der Waals surface area contributed by atoms with Crippen molar-refractivity contribution in [1.29, 1.82) is 0 Å². The highest BCUT2D eigenvalue weighted by atomic mass is 15.0. The van der Waals surface area contributed by atoms with Gasteiger partial charge in [-0.15, -0.1) is 0 Å². The number of aromatic nitrogens is 2. The van der Waals surface area contributed by atoms with Gasteiger partial charge in [-0.2, -0.15) is 0 Å². The van der Waals surface area contributed by atoms with Crippen molar-refractivity contribution in [3.63, 3.8) is 0 Å². The van der Waals surface area contributed by atoms with Crippen molar-refractivity contribution < 1.29 is 0 Å². The first kappa shape index (κ1) is 34.8. The SMILES string of the molecule is C=Cc1c(/C=C\C)c2c3c(ccc2n1-c1cccc(-c2ccccc2)c1)C(C)(C)c1c(ccc2c1c1ccccc1n2-c1cccc(-c2ccccc2)c1)C3(C)C. The molecule has 0 bridgehead atoms. The number of rotatable bonds is 6. The number of allylic oxidation sites excluding steroid dienone is 1. The van der Waals surface area contributed by atoms with Gasteiger partial charge in [-0.3, -0.25) is 0 Å². The van der Waals surface area contributed by atoms with E-state index in [2.05, 4.69) is 220 Å². The highest BCUT2D eigenvalue weighted by Gasteiger charge is 2.45. The molecule has 10 rings (SSSR count). The molecule has 7 aromatic carbocycles. The Morgan fingerprint density at radius 3 is 1.53 bits per heavy atom. The zero-order valence-electron chi connectivity index (χ0n) is 33.3. The van der Waals surface area contributed by atoms with Crippen LogP contribution < -0.4 is 0 Å². The largest absolute Gasteiger partial charge is 0.309 e. The van der Waals surface area contributed by atoms with Crippen LogP contribution in [-0.4, -0.2) is 9.13 Å². The molecular formula is C55H46N2. The summed E-state index contributed by atoms with van der Waals surface area (Å²) < 4.78 is 4.90. The van der Waals surface area contributed by atoms with Crippen molar-refractivity contribution in [2.45, 2.75) is 45.4 Å². The second-order valence-electron chi connectivity index (χ2n) is 16.5. The lowest BCUT2D eigenvalue weighted by atomic mass is 9.58. The van der Waals surface area contributed by atoms with Crippen LogP contribution in [0.25, 0.3) is 78.5 Å². The number of nitrogens with zero attached hydrogens (tertiary/aromatic N) is 2. The maximum Gasteiger partial charge on any atom is 0.0544 e. The van der Waals surface area contributed by atoms with Gasteiger partial charge in [0.1, 0.15) is 0 Å². The first-order valence-electron chi connectivity index (χ1n) is 20.1. The molecule has 9 aromatic rings. The quantitative estimate of drug-likeness (QED) is 0.161. The molecule has 0 aliphatic heterocycles. The molecule has 0 fully saturated rings. The summed E-state index contributed by atoms with van der Waals surface area (Å²) in [7, 11) is 0. The molecule has 0 atom stereocenters. The Kier molecular flexibility index (Phi) is 7.92. The number of para-hydroxylation sites is 1. The number of hydrogen-bond donors (Lipinski definition) is 0. The minimum atomic E-state index is -0.308. The molecular weight excluding hydrogens is 689 g/mol. The van der Waals surface area contributed by atoms with Crippen molar-refractivity contribution in [2.75, 3.05) is 0 Å². The number of benzene rings is 7. The molecule has 2 heteroatoms. The second-order valence-corrected chi connectivity index (χ2v) is 16.5. The molecule has 2 nitrogen and oxygen atoms in total. The molecule has 0 saturated heterocycles. The zero-order valence-corrected chi connectivity index (χ0v) is 33.3. The summed E-state index contributed by atoms with van der Waals surface area (Å²) in [4.78, 5) is 0. The van der Waals surface area contributed by atoms with Crippen LogP contribution in [0.5, 0.6) is 0 Å². The van der Waals surface area contributed by atoms with Gasteiger partial charge in [-0.25, -0.2) is 0 Å². The van der Waals surface area contributed by atoms with Gasteiger partial charge >= 0.3 is 0 Å². The van der Waals surface area contributed by atoms with Crippen LogP contribution in [0.4, 0.5) is 0 Å². The van der Waals surface area contributed by atoms with Gasteiger partial charge in [0.2, 0.25) is 0 Å². The van der Waals surface area contributed by atoms with E-state index in [4.69, 9.17) is 0 Å². The normalized spacial score (nSPS) is 14.3. The molecule has 0 saturated carbocycles. The van der Waals surface area contributed by atoms with Gasteiger partial charge in [-0.05, 0) is 100.0 Å². The van der Waals surface area contributed by atoms with Crippen LogP contribution in [0, 0.1) is 0 Å². The fourth-order valence-corrected chi connectivity index (χ4v) is 10.1. The van der Waals surface area contributed by atoms with E-state index in [-0.39, 0.29) is 10.8 Å². The Morgan fingerprint density at radius 2 is 0.965 bits per heavy atom. The predicted molar refractivity (Wildman–Crippen MR) is 244 cm³/mol. The average molecular weight is 735 g/mol. The minimum Gasteiger partial charge on any atom is -0.309 e. The average Bonchev–Trinajstić information content (AvgIpc) is 3.76. The third-order valence-electron chi connectivity index (χ3n) is 12.6. The van der Waals surface area contributed by atoms with E-state index >= 15 is 0 Å². The van der Waals surface area contributed by atoms with E-state index in [1.165, 1.54) is 88.5 Å². The Hall–Kier alpha value is -6.64. The Labute approximate surface area is 335 Å². The van der Waals surface area contributed by atoms with E-state index in [0.29, 0.717) is 0 Å². The van der Waals surface area contributed by atoms with Crippen molar-refractivity contribution >= 4 is 44.9 Å². The Bertz CT molecular complexity index is 3070. The van der Waals surface area contributed by atoms with Crippen molar-refractivity contribution in [1.82, 2.24) is 9.13 Å². The second kappa shape index (κ2) is 13.0. The lowest BCUT2D eigenvalue weighted by Crippen LogP contribution is -2.37. The molecule has 2 heterocycles.